The Morgan fingerprint density at radius 2 is 2.33 bits per heavy atom. The summed E-state index contributed by atoms with van der Waals surface area (Å²) in [6.07, 6.45) is 1.10. The molecule has 24 heavy (non-hydrogen) atoms. The second-order valence-corrected chi connectivity index (χ2v) is 6.39. The molecule has 0 saturated carbocycles. The van der Waals surface area contributed by atoms with Crippen molar-refractivity contribution in [2.45, 2.75) is 32.5 Å². The molecule has 1 atom stereocenters. The van der Waals surface area contributed by atoms with Gasteiger partial charge in [-0.1, -0.05) is 17.3 Å². The van der Waals surface area contributed by atoms with Gasteiger partial charge in [0.15, 0.2) is 5.82 Å². The normalized spacial score (nSPS) is 18.4. The van der Waals surface area contributed by atoms with Crippen molar-refractivity contribution in [2.75, 3.05) is 20.1 Å². The summed E-state index contributed by atoms with van der Waals surface area (Å²) in [5.41, 5.74) is 7.03. The molecule has 3 rings (SSSR count). The van der Waals surface area contributed by atoms with E-state index in [1.165, 1.54) is 0 Å². The Hall–Kier alpha value is -2.25. The highest BCUT2D eigenvalue weighted by molar-refractivity contribution is 5.92. The third kappa shape index (κ3) is 3.98. The van der Waals surface area contributed by atoms with Crippen molar-refractivity contribution in [3.8, 4) is 0 Å². The predicted octanol–water partition coefficient (Wildman–Crippen LogP) is 1.18. The van der Waals surface area contributed by atoms with E-state index in [-0.39, 0.29) is 5.91 Å². The Kier molecular flexibility index (Phi) is 4.92. The number of carbonyl (C=O) groups is 1. The van der Waals surface area contributed by atoms with Crippen molar-refractivity contribution in [3.05, 3.63) is 47.1 Å². The highest BCUT2D eigenvalue weighted by atomic mass is 16.5. The molecule has 7 heteroatoms. The number of rotatable bonds is 6. The molecule has 2 aromatic rings. The molecule has 2 N–H and O–H groups in total. The minimum absolute atomic E-state index is 0.383. The molecule has 0 radical (unpaired) electrons. The number of hydrogen-bond donors (Lipinski definition) is 1. The molecule has 128 valence electrons. The van der Waals surface area contributed by atoms with Crippen LogP contribution in [0.5, 0.6) is 0 Å². The van der Waals surface area contributed by atoms with Crippen LogP contribution in [0.15, 0.2) is 28.8 Å². The molecule has 1 amide bonds. The summed E-state index contributed by atoms with van der Waals surface area (Å²) in [6, 6.07) is 8.00. The minimum atomic E-state index is -0.383. The quantitative estimate of drug-likeness (QED) is 0.856. The Labute approximate surface area is 141 Å². The summed E-state index contributed by atoms with van der Waals surface area (Å²) in [5, 5.41) is 3.95. The Balaban J connectivity index is 1.55. The van der Waals surface area contributed by atoms with Crippen LogP contribution in [0.4, 0.5) is 0 Å². The molecule has 1 saturated heterocycles. The zero-order chi connectivity index (χ0) is 17.1. The van der Waals surface area contributed by atoms with E-state index in [4.69, 9.17) is 10.3 Å². The van der Waals surface area contributed by atoms with Crippen molar-refractivity contribution >= 4 is 5.91 Å². The van der Waals surface area contributed by atoms with Gasteiger partial charge in [-0.2, -0.15) is 4.98 Å². The van der Waals surface area contributed by atoms with Gasteiger partial charge >= 0.3 is 0 Å². The summed E-state index contributed by atoms with van der Waals surface area (Å²) in [4.78, 5) is 20.2. The van der Waals surface area contributed by atoms with Crippen LogP contribution < -0.4 is 5.73 Å². The van der Waals surface area contributed by atoms with Crippen LogP contribution in [0.1, 0.15) is 34.1 Å². The van der Waals surface area contributed by atoms with E-state index in [1.54, 1.807) is 13.0 Å². The average molecular weight is 329 g/mol. The maximum absolute atomic E-state index is 11.3. The number of benzene rings is 1. The number of likely N-dealkylation sites (tertiary alicyclic amines) is 1. The van der Waals surface area contributed by atoms with Gasteiger partial charge < -0.3 is 10.3 Å². The van der Waals surface area contributed by atoms with Crippen LogP contribution >= 0.6 is 0 Å². The Morgan fingerprint density at radius 1 is 1.50 bits per heavy atom. The van der Waals surface area contributed by atoms with Gasteiger partial charge in [-0.3, -0.25) is 14.6 Å². The summed E-state index contributed by atoms with van der Waals surface area (Å²) in [6.45, 7) is 5.32. The first-order valence-electron chi connectivity index (χ1n) is 8.12. The molecular formula is C17H23N5O2. The molecule has 2 heterocycles. The zero-order valence-corrected chi connectivity index (χ0v) is 14.1. The monoisotopic (exact) mass is 329 g/mol. The first kappa shape index (κ1) is 16.6. The van der Waals surface area contributed by atoms with E-state index in [0.717, 1.165) is 37.4 Å². The second-order valence-electron chi connectivity index (χ2n) is 6.39. The molecular weight excluding hydrogens is 306 g/mol. The van der Waals surface area contributed by atoms with Crippen LogP contribution in [-0.4, -0.2) is 52.0 Å². The first-order valence-corrected chi connectivity index (χ1v) is 8.12. The number of carbonyl (C=O) groups excluding carboxylic acids is 1. The van der Waals surface area contributed by atoms with E-state index < -0.39 is 0 Å². The molecule has 0 aliphatic carbocycles. The lowest BCUT2D eigenvalue weighted by Gasteiger charge is -2.23. The maximum atomic E-state index is 11.3. The molecule has 0 bridgehead atoms. The van der Waals surface area contributed by atoms with E-state index in [2.05, 4.69) is 27.0 Å². The number of nitrogens with zero attached hydrogens (tertiary/aromatic N) is 4. The molecule has 1 aromatic carbocycles. The van der Waals surface area contributed by atoms with Gasteiger partial charge in [0.1, 0.15) is 0 Å². The van der Waals surface area contributed by atoms with Crippen LogP contribution in [-0.2, 0) is 13.1 Å². The van der Waals surface area contributed by atoms with Gasteiger partial charge in [-0.25, -0.2) is 0 Å². The fourth-order valence-corrected chi connectivity index (χ4v) is 3.15. The Bertz CT molecular complexity index is 715. The third-order valence-corrected chi connectivity index (χ3v) is 4.45. The topological polar surface area (TPSA) is 88.5 Å². The molecule has 1 aromatic heterocycles. The van der Waals surface area contributed by atoms with E-state index in [1.807, 2.05) is 18.2 Å². The number of nitrogens with two attached hydrogens (primary N) is 1. The van der Waals surface area contributed by atoms with Gasteiger partial charge in [0.2, 0.25) is 11.8 Å². The number of primary amides is 1. The molecule has 1 aliphatic rings. The van der Waals surface area contributed by atoms with E-state index >= 15 is 0 Å². The SMILES string of the molecule is Cc1nc(CN(C)[C@@H]2CCN(Cc3cccc(C(N)=O)c3)C2)no1. The molecule has 1 fully saturated rings. The van der Waals surface area contributed by atoms with Crippen molar-refractivity contribution in [2.24, 2.45) is 5.73 Å². The number of amides is 1. The van der Waals surface area contributed by atoms with Crippen LogP contribution in [0.3, 0.4) is 0 Å². The number of hydrogen-bond acceptors (Lipinski definition) is 6. The molecule has 7 nitrogen and oxygen atoms in total. The van der Waals surface area contributed by atoms with Gasteiger partial charge in [0.05, 0.1) is 6.54 Å². The van der Waals surface area contributed by atoms with Crippen molar-refractivity contribution in [1.29, 1.82) is 0 Å². The number of likely N-dealkylation sites (N-methyl/N-ethyl adjacent to an activating group) is 1. The molecule has 1 aliphatic heterocycles. The summed E-state index contributed by atoms with van der Waals surface area (Å²) in [5.74, 6) is 0.940. The van der Waals surface area contributed by atoms with Gasteiger partial charge in [-0.05, 0) is 31.2 Å². The lowest BCUT2D eigenvalue weighted by Crippen LogP contribution is -2.34. The van der Waals surface area contributed by atoms with Crippen molar-refractivity contribution in [3.63, 3.8) is 0 Å². The van der Waals surface area contributed by atoms with Crippen molar-refractivity contribution < 1.29 is 9.32 Å². The fraction of sp³-hybridized carbons (Fsp3) is 0.471. The number of aromatic nitrogens is 2. The van der Waals surface area contributed by atoms with Crippen LogP contribution in [0.25, 0.3) is 0 Å². The number of aryl methyl sites for hydroxylation is 1. The standard InChI is InChI=1S/C17H23N5O2/c1-12-19-16(20-24-12)11-21(2)15-6-7-22(10-15)9-13-4-3-5-14(8-13)17(18)23/h3-5,8,15H,6-7,9-11H2,1-2H3,(H2,18,23)/t15-/m1/s1. The lowest BCUT2D eigenvalue weighted by molar-refractivity contribution is 0.1000. The Morgan fingerprint density at radius 3 is 3.04 bits per heavy atom. The predicted molar refractivity (Wildman–Crippen MR) is 89.1 cm³/mol. The average Bonchev–Trinajstić information content (AvgIpc) is 3.17. The molecule has 0 spiro atoms. The highest BCUT2D eigenvalue weighted by Crippen LogP contribution is 2.19. The lowest BCUT2D eigenvalue weighted by atomic mass is 10.1. The van der Waals surface area contributed by atoms with Crippen molar-refractivity contribution in [1.82, 2.24) is 19.9 Å². The highest BCUT2D eigenvalue weighted by Gasteiger charge is 2.26. The first-order chi connectivity index (χ1) is 11.5. The van der Waals surface area contributed by atoms with E-state index in [9.17, 15) is 4.79 Å². The van der Waals surface area contributed by atoms with Gasteiger partial charge in [0, 0.05) is 38.2 Å². The third-order valence-electron chi connectivity index (χ3n) is 4.45. The molecule has 0 unspecified atom stereocenters. The smallest absolute Gasteiger partial charge is 0.248 e. The van der Waals surface area contributed by atoms with Gasteiger partial charge in [-0.15, -0.1) is 0 Å². The summed E-state index contributed by atoms with van der Waals surface area (Å²) < 4.78 is 5.02. The van der Waals surface area contributed by atoms with Crippen LogP contribution in [0, 0.1) is 6.92 Å². The largest absolute Gasteiger partial charge is 0.366 e. The minimum Gasteiger partial charge on any atom is -0.366 e. The second kappa shape index (κ2) is 7.11. The maximum Gasteiger partial charge on any atom is 0.248 e. The van der Waals surface area contributed by atoms with Gasteiger partial charge in [0.25, 0.3) is 0 Å². The zero-order valence-electron chi connectivity index (χ0n) is 14.1. The fourth-order valence-electron chi connectivity index (χ4n) is 3.15. The van der Waals surface area contributed by atoms with E-state index in [0.29, 0.717) is 24.0 Å². The van der Waals surface area contributed by atoms with Crippen LogP contribution in [0.2, 0.25) is 0 Å². The summed E-state index contributed by atoms with van der Waals surface area (Å²) >= 11 is 0. The summed E-state index contributed by atoms with van der Waals surface area (Å²) in [7, 11) is 2.09.